The van der Waals surface area contributed by atoms with Crippen LogP contribution in [0.15, 0.2) is 35.7 Å². The van der Waals surface area contributed by atoms with Gasteiger partial charge in [-0.25, -0.2) is 4.98 Å². The van der Waals surface area contributed by atoms with E-state index in [1.165, 1.54) is 18.3 Å². The van der Waals surface area contributed by atoms with Gasteiger partial charge < -0.3 is 25.4 Å². The Bertz CT molecular complexity index is 1470. The third-order valence-corrected chi connectivity index (χ3v) is 10.9. The molecule has 1 unspecified atom stereocenters. The average molecular weight is 728 g/mol. The minimum Gasteiger partial charge on any atom is -0.481 e. The Labute approximate surface area is 306 Å². The van der Waals surface area contributed by atoms with Crippen molar-refractivity contribution in [2.45, 2.75) is 117 Å². The Morgan fingerprint density at radius 2 is 1.75 bits per heavy atom. The maximum atomic E-state index is 14.2. The molecule has 0 spiro atoms. The Balaban J connectivity index is 1.81. The summed E-state index contributed by atoms with van der Waals surface area (Å²) in [6, 6.07) is 7.68. The zero-order valence-corrected chi connectivity index (χ0v) is 32.2. The lowest BCUT2D eigenvalue weighted by Gasteiger charge is -2.38. The van der Waals surface area contributed by atoms with Gasteiger partial charge in [0.15, 0.2) is 6.10 Å². The second kappa shape index (κ2) is 19.7. The third-order valence-electron chi connectivity index (χ3n) is 9.98. The highest BCUT2D eigenvalue weighted by molar-refractivity contribution is 7.09. The van der Waals surface area contributed by atoms with Gasteiger partial charge in [-0.3, -0.25) is 28.9 Å². The number of likely N-dealkylation sites (tertiary alicyclic amines) is 1. The van der Waals surface area contributed by atoms with Gasteiger partial charge in [0.2, 0.25) is 11.8 Å². The minimum absolute atomic E-state index is 0.0486. The molecule has 0 saturated carbocycles. The first kappa shape index (κ1) is 41.6. The smallest absolute Gasteiger partial charge is 0.306 e. The number of aliphatic carboxylic acids is 1. The summed E-state index contributed by atoms with van der Waals surface area (Å²) in [6.07, 6.45) is 3.53. The van der Waals surface area contributed by atoms with Gasteiger partial charge in [-0.2, -0.15) is 0 Å². The van der Waals surface area contributed by atoms with Crippen LogP contribution in [0.25, 0.3) is 0 Å². The molecule has 1 aromatic heterocycles. The number of carboxylic acids is 1. The second-order valence-corrected chi connectivity index (χ2v) is 15.3. The molecule has 282 valence electrons. The lowest BCUT2D eigenvalue weighted by molar-refractivity contribution is -0.149. The fourth-order valence-corrected chi connectivity index (χ4v) is 7.48. The summed E-state index contributed by atoms with van der Waals surface area (Å²) in [5, 5.41) is 17.6. The molecular weight excluding hydrogens is 671 g/mol. The van der Waals surface area contributed by atoms with Gasteiger partial charge in [0, 0.05) is 37.9 Å². The molecule has 1 aromatic carbocycles. The summed E-state index contributed by atoms with van der Waals surface area (Å²) >= 11 is 1.18. The topological polar surface area (TPSA) is 158 Å². The lowest BCUT2D eigenvalue weighted by Crippen LogP contribution is -2.58. The van der Waals surface area contributed by atoms with Crippen molar-refractivity contribution < 1.29 is 33.8 Å². The van der Waals surface area contributed by atoms with E-state index < -0.39 is 48.0 Å². The van der Waals surface area contributed by atoms with E-state index in [-0.39, 0.29) is 48.2 Å². The van der Waals surface area contributed by atoms with Crippen LogP contribution in [0.4, 0.5) is 0 Å². The number of carbonyl (C=O) groups is 5. The number of carbonyl (C=O) groups excluding carboxylic acids is 4. The van der Waals surface area contributed by atoms with Crippen molar-refractivity contribution in [1.82, 2.24) is 25.4 Å². The highest BCUT2D eigenvalue weighted by atomic mass is 32.1. The first-order valence-electron chi connectivity index (χ1n) is 18.1. The quantitative estimate of drug-likeness (QED) is 0.178. The number of hydrogen-bond acceptors (Lipinski definition) is 9. The molecule has 1 saturated heterocycles. The molecule has 3 rings (SSSR count). The molecule has 1 aliphatic heterocycles. The zero-order valence-electron chi connectivity index (χ0n) is 31.4. The largest absolute Gasteiger partial charge is 0.481 e. The van der Waals surface area contributed by atoms with Gasteiger partial charge in [-0.1, -0.05) is 77.8 Å². The molecule has 2 heterocycles. The lowest BCUT2D eigenvalue weighted by atomic mass is 9.92. The highest BCUT2D eigenvalue weighted by Crippen LogP contribution is 2.31. The van der Waals surface area contributed by atoms with Gasteiger partial charge in [0.25, 0.3) is 5.91 Å². The standard InChI is InChI=1S/C38H57N5O7S/c1-9-24(4)33(41-35(46)30-17-13-14-18-42(30)7)37(47)43(8)31(23(2)3)21-32(50-26(6)44)36-40-29(22-51-36)34(45)39-28(19-25(5)38(48)49)20-27-15-11-10-12-16-27/h10-12,15-16,22-25,28,30-33H,9,13-14,17-21H2,1-8H3,(H,39,45)(H,41,46)(H,48,49)/t24?,25-,28+,30+,31+,32+,33-/m0/s1. The van der Waals surface area contributed by atoms with E-state index in [4.69, 9.17) is 4.74 Å². The Morgan fingerprint density at radius 3 is 2.33 bits per heavy atom. The molecule has 3 amide bonds. The SMILES string of the molecule is CCC(C)[C@H](NC(=O)[C@H]1CCCCN1C)C(=O)N(C)[C@H](C[C@@H](OC(C)=O)c1nc(C(=O)N[C@@H](Cc2ccccc2)C[C@H](C)C(=O)O)cs1)C(C)C. The number of nitrogens with one attached hydrogen (secondary N) is 2. The Morgan fingerprint density at radius 1 is 1.06 bits per heavy atom. The van der Waals surface area contributed by atoms with Gasteiger partial charge in [0.05, 0.1) is 12.0 Å². The fraction of sp³-hybridized carbons (Fsp3) is 0.632. The Kier molecular flexibility index (Phi) is 16.0. The number of piperidine rings is 1. The molecule has 0 bridgehead atoms. The molecule has 51 heavy (non-hydrogen) atoms. The number of thiazole rings is 1. The number of amides is 3. The number of nitrogens with zero attached hydrogens (tertiary/aromatic N) is 3. The summed E-state index contributed by atoms with van der Waals surface area (Å²) < 4.78 is 5.76. The first-order valence-corrected chi connectivity index (χ1v) is 19.0. The van der Waals surface area contributed by atoms with Gasteiger partial charge >= 0.3 is 11.9 Å². The molecule has 0 aliphatic carbocycles. The van der Waals surface area contributed by atoms with Crippen molar-refractivity contribution in [2.75, 3.05) is 20.6 Å². The number of benzene rings is 1. The number of hydrogen-bond donors (Lipinski definition) is 3. The van der Waals surface area contributed by atoms with Gasteiger partial charge in [0.1, 0.15) is 16.7 Å². The average Bonchev–Trinajstić information content (AvgIpc) is 3.59. The number of aromatic nitrogens is 1. The van der Waals surface area contributed by atoms with E-state index in [1.807, 2.05) is 70.0 Å². The maximum Gasteiger partial charge on any atom is 0.306 e. The number of ether oxygens (including phenoxy) is 1. The zero-order chi connectivity index (χ0) is 37.8. The summed E-state index contributed by atoms with van der Waals surface area (Å²) in [5.74, 6) is -3.11. The molecule has 1 fully saturated rings. The summed E-state index contributed by atoms with van der Waals surface area (Å²) in [6.45, 7) is 11.7. The van der Waals surface area contributed by atoms with Crippen molar-refractivity contribution in [3.05, 3.63) is 52.0 Å². The fourth-order valence-electron chi connectivity index (χ4n) is 6.64. The molecule has 12 nitrogen and oxygen atoms in total. The van der Waals surface area contributed by atoms with Crippen molar-refractivity contribution in [3.8, 4) is 0 Å². The van der Waals surface area contributed by atoms with E-state index in [9.17, 15) is 29.1 Å². The monoisotopic (exact) mass is 727 g/mol. The predicted octanol–water partition coefficient (Wildman–Crippen LogP) is 5.09. The van der Waals surface area contributed by atoms with Crippen LogP contribution in [0.2, 0.25) is 0 Å². The van der Waals surface area contributed by atoms with E-state index >= 15 is 0 Å². The van der Waals surface area contributed by atoms with Crippen LogP contribution in [-0.4, -0.2) is 94.4 Å². The number of likely N-dealkylation sites (N-methyl/N-ethyl adjacent to an activating group) is 2. The molecule has 7 atom stereocenters. The molecule has 2 aromatic rings. The number of rotatable bonds is 18. The highest BCUT2D eigenvalue weighted by Gasteiger charge is 2.37. The summed E-state index contributed by atoms with van der Waals surface area (Å²) in [7, 11) is 3.66. The van der Waals surface area contributed by atoms with Crippen LogP contribution in [0.1, 0.15) is 107 Å². The van der Waals surface area contributed by atoms with Crippen LogP contribution in [0.3, 0.4) is 0 Å². The van der Waals surface area contributed by atoms with Crippen LogP contribution >= 0.6 is 11.3 Å². The normalized spacial score (nSPS) is 18.5. The minimum atomic E-state index is -0.944. The van der Waals surface area contributed by atoms with Crippen molar-refractivity contribution in [1.29, 1.82) is 0 Å². The number of carboxylic acid groups (broad SMARTS) is 1. The molecule has 1 aliphatic rings. The maximum absolute atomic E-state index is 14.2. The van der Waals surface area contributed by atoms with E-state index in [0.717, 1.165) is 31.4 Å². The molecular formula is C38H57N5O7S. The van der Waals surface area contributed by atoms with Gasteiger partial charge in [-0.05, 0) is 56.7 Å². The van der Waals surface area contributed by atoms with Gasteiger partial charge in [-0.15, -0.1) is 11.3 Å². The predicted molar refractivity (Wildman–Crippen MR) is 197 cm³/mol. The Hall–Kier alpha value is -3.84. The second-order valence-electron chi connectivity index (χ2n) is 14.4. The van der Waals surface area contributed by atoms with E-state index in [1.54, 1.807) is 24.3 Å². The van der Waals surface area contributed by atoms with Crippen molar-refractivity contribution >= 4 is 41.0 Å². The molecule has 13 heteroatoms. The van der Waals surface area contributed by atoms with Crippen LogP contribution in [0.5, 0.6) is 0 Å². The summed E-state index contributed by atoms with van der Waals surface area (Å²) in [5.41, 5.74) is 1.09. The first-order chi connectivity index (χ1) is 24.1. The summed E-state index contributed by atoms with van der Waals surface area (Å²) in [4.78, 5) is 73.3. The van der Waals surface area contributed by atoms with Crippen LogP contribution < -0.4 is 10.6 Å². The van der Waals surface area contributed by atoms with Crippen LogP contribution in [-0.2, 0) is 30.3 Å². The molecule has 0 radical (unpaired) electrons. The van der Waals surface area contributed by atoms with Crippen molar-refractivity contribution in [2.24, 2.45) is 17.8 Å². The van der Waals surface area contributed by atoms with Crippen LogP contribution in [0, 0.1) is 17.8 Å². The van der Waals surface area contributed by atoms with E-state index in [2.05, 4.69) is 15.6 Å². The van der Waals surface area contributed by atoms with Crippen molar-refractivity contribution in [3.63, 3.8) is 0 Å². The number of esters is 1. The van der Waals surface area contributed by atoms with E-state index in [0.29, 0.717) is 17.8 Å². The third kappa shape index (κ3) is 12.1. The molecule has 3 N–H and O–H groups in total.